The summed E-state index contributed by atoms with van der Waals surface area (Å²) >= 11 is 7.15. The maximum atomic E-state index is 6.47. The van der Waals surface area contributed by atoms with Crippen LogP contribution < -0.4 is 0 Å². The SMILES string of the molecule is COC1(c2ccc(Br)cc2)c2ccccc2C(OC)(c2ccc(Br)cc2)c2ccccc21. The van der Waals surface area contributed by atoms with Gasteiger partial charge in [0.15, 0.2) is 0 Å². The molecule has 160 valence electrons. The molecule has 4 aromatic carbocycles. The zero-order chi connectivity index (χ0) is 22.3. The van der Waals surface area contributed by atoms with Crippen LogP contribution in [0.1, 0.15) is 33.4 Å². The summed E-state index contributed by atoms with van der Waals surface area (Å²) < 4.78 is 15.0. The molecule has 2 nitrogen and oxygen atoms in total. The van der Waals surface area contributed by atoms with E-state index in [9.17, 15) is 0 Å². The zero-order valence-corrected chi connectivity index (χ0v) is 21.0. The van der Waals surface area contributed by atoms with Gasteiger partial charge in [0.05, 0.1) is 0 Å². The average Bonchev–Trinajstić information content (AvgIpc) is 2.84. The van der Waals surface area contributed by atoms with Crippen LogP contribution in [0.5, 0.6) is 0 Å². The van der Waals surface area contributed by atoms with Gasteiger partial charge in [-0.3, -0.25) is 0 Å². The predicted molar refractivity (Wildman–Crippen MR) is 135 cm³/mol. The van der Waals surface area contributed by atoms with Crippen molar-refractivity contribution >= 4 is 31.9 Å². The van der Waals surface area contributed by atoms with Crippen LogP contribution in [-0.2, 0) is 20.7 Å². The van der Waals surface area contributed by atoms with E-state index in [1.165, 1.54) is 0 Å². The van der Waals surface area contributed by atoms with E-state index in [1.54, 1.807) is 14.2 Å². The summed E-state index contributed by atoms with van der Waals surface area (Å²) in [7, 11) is 3.57. The van der Waals surface area contributed by atoms with Crippen LogP contribution >= 0.6 is 31.9 Å². The van der Waals surface area contributed by atoms with E-state index in [1.807, 2.05) is 0 Å². The van der Waals surface area contributed by atoms with Gasteiger partial charge in [-0.15, -0.1) is 0 Å². The first kappa shape index (κ1) is 21.6. The topological polar surface area (TPSA) is 18.5 Å². The summed E-state index contributed by atoms with van der Waals surface area (Å²) in [6.45, 7) is 0. The van der Waals surface area contributed by atoms with Crippen LogP contribution in [-0.4, -0.2) is 14.2 Å². The molecular formula is C28H22Br2O2. The van der Waals surface area contributed by atoms with Crippen molar-refractivity contribution in [1.82, 2.24) is 0 Å². The summed E-state index contributed by atoms with van der Waals surface area (Å²) in [6.07, 6.45) is 0. The lowest BCUT2D eigenvalue weighted by Gasteiger charge is -2.48. The van der Waals surface area contributed by atoms with Crippen LogP contribution in [0.4, 0.5) is 0 Å². The van der Waals surface area contributed by atoms with E-state index in [2.05, 4.69) is 129 Å². The average molecular weight is 550 g/mol. The molecule has 0 saturated heterocycles. The first-order chi connectivity index (χ1) is 15.6. The number of fused-ring (bicyclic) bond motifs is 2. The second-order valence-corrected chi connectivity index (χ2v) is 9.71. The van der Waals surface area contributed by atoms with Crippen LogP contribution in [0, 0.1) is 0 Å². The molecule has 0 radical (unpaired) electrons. The fourth-order valence-corrected chi connectivity index (χ4v) is 5.68. The predicted octanol–water partition coefficient (Wildman–Crippen LogP) is 7.40. The minimum absolute atomic E-state index is 0.759. The minimum Gasteiger partial charge on any atom is -0.364 e. The van der Waals surface area contributed by atoms with Gasteiger partial charge in [0, 0.05) is 23.2 Å². The molecule has 5 rings (SSSR count). The Kier molecular flexibility index (Phi) is 5.58. The quantitative estimate of drug-likeness (QED) is 0.264. The number of hydrogen-bond acceptors (Lipinski definition) is 2. The van der Waals surface area contributed by atoms with Gasteiger partial charge >= 0.3 is 0 Å². The molecule has 0 bridgehead atoms. The van der Waals surface area contributed by atoms with Gasteiger partial charge in [0.25, 0.3) is 0 Å². The summed E-state index contributed by atoms with van der Waals surface area (Å²) in [5.41, 5.74) is 4.94. The number of halogens is 2. The van der Waals surface area contributed by atoms with Crippen molar-refractivity contribution in [3.05, 3.63) is 139 Å². The zero-order valence-electron chi connectivity index (χ0n) is 17.8. The third-order valence-electron chi connectivity index (χ3n) is 6.49. The number of hydrogen-bond donors (Lipinski definition) is 0. The molecular weight excluding hydrogens is 528 g/mol. The summed E-state index contributed by atoms with van der Waals surface area (Å²) in [6, 6.07) is 33.7. The summed E-state index contributed by atoms with van der Waals surface area (Å²) in [5, 5.41) is 0. The highest BCUT2D eigenvalue weighted by Gasteiger charge is 2.52. The molecule has 4 heteroatoms. The highest BCUT2D eigenvalue weighted by Crippen LogP contribution is 2.55. The van der Waals surface area contributed by atoms with E-state index in [-0.39, 0.29) is 0 Å². The molecule has 0 heterocycles. The van der Waals surface area contributed by atoms with Crippen molar-refractivity contribution < 1.29 is 9.47 Å². The Labute approximate surface area is 205 Å². The second-order valence-electron chi connectivity index (χ2n) is 7.88. The Morgan fingerprint density at radius 3 is 1.00 bits per heavy atom. The van der Waals surface area contributed by atoms with E-state index >= 15 is 0 Å². The molecule has 0 spiro atoms. The highest BCUT2D eigenvalue weighted by molar-refractivity contribution is 9.10. The molecule has 0 atom stereocenters. The standard InChI is InChI=1S/C28H22Br2O2/c1-31-27(19-11-15-21(29)16-12-19)23-7-3-5-9-25(23)28(32-2,20-13-17-22(30)18-14-20)26-10-6-4-8-24(26)27/h3-18H,1-2H3. The molecule has 0 amide bonds. The molecule has 0 aromatic heterocycles. The lowest BCUT2D eigenvalue weighted by molar-refractivity contribution is 0.0167. The van der Waals surface area contributed by atoms with Crippen molar-refractivity contribution in [1.29, 1.82) is 0 Å². The minimum atomic E-state index is -0.759. The molecule has 0 unspecified atom stereocenters. The fourth-order valence-electron chi connectivity index (χ4n) is 5.15. The van der Waals surface area contributed by atoms with Crippen molar-refractivity contribution in [2.45, 2.75) is 11.2 Å². The Morgan fingerprint density at radius 1 is 0.469 bits per heavy atom. The third-order valence-corrected chi connectivity index (χ3v) is 7.54. The summed E-state index contributed by atoms with van der Waals surface area (Å²) in [5.74, 6) is 0. The monoisotopic (exact) mass is 548 g/mol. The van der Waals surface area contributed by atoms with Gasteiger partial charge in [-0.2, -0.15) is 0 Å². The Morgan fingerprint density at radius 2 is 0.750 bits per heavy atom. The Balaban J connectivity index is 1.92. The van der Waals surface area contributed by atoms with Gasteiger partial charge in [0.2, 0.25) is 0 Å². The van der Waals surface area contributed by atoms with Gasteiger partial charge in [-0.1, -0.05) is 105 Å². The molecule has 32 heavy (non-hydrogen) atoms. The number of rotatable bonds is 4. The van der Waals surface area contributed by atoms with Crippen molar-refractivity contribution in [2.24, 2.45) is 0 Å². The van der Waals surface area contributed by atoms with Crippen molar-refractivity contribution in [3.63, 3.8) is 0 Å². The van der Waals surface area contributed by atoms with E-state index in [0.717, 1.165) is 42.3 Å². The van der Waals surface area contributed by atoms with E-state index in [0.29, 0.717) is 0 Å². The molecule has 0 fully saturated rings. The largest absolute Gasteiger partial charge is 0.364 e. The highest BCUT2D eigenvalue weighted by atomic mass is 79.9. The second kappa shape index (κ2) is 8.27. The molecule has 1 aliphatic rings. The first-order valence-corrected chi connectivity index (χ1v) is 12.0. The normalized spacial score (nSPS) is 21.6. The first-order valence-electron chi connectivity index (χ1n) is 10.4. The van der Waals surface area contributed by atoms with Gasteiger partial charge < -0.3 is 9.47 Å². The van der Waals surface area contributed by atoms with Crippen LogP contribution in [0.3, 0.4) is 0 Å². The fraction of sp³-hybridized carbons (Fsp3) is 0.143. The molecule has 0 N–H and O–H groups in total. The smallest absolute Gasteiger partial charge is 0.144 e. The van der Waals surface area contributed by atoms with Gasteiger partial charge in [-0.25, -0.2) is 0 Å². The summed E-state index contributed by atoms with van der Waals surface area (Å²) in [4.78, 5) is 0. The number of ether oxygens (including phenoxy) is 2. The molecule has 0 aliphatic heterocycles. The van der Waals surface area contributed by atoms with Crippen LogP contribution in [0.15, 0.2) is 106 Å². The third kappa shape index (κ3) is 2.97. The Bertz CT molecular complexity index is 1120. The Hall–Kier alpha value is -2.24. The maximum Gasteiger partial charge on any atom is 0.144 e. The molecule has 4 aromatic rings. The number of benzene rings is 4. The maximum absolute atomic E-state index is 6.47. The van der Waals surface area contributed by atoms with Crippen molar-refractivity contribution in [3.8, 4) is 0 Å². The van der Waals surface area contributed by atoms with Crippen molar-refractivity contribution in [2.75, 3.05) is 14.2 Å². The van der Waals surface area contributed by atoms with Gasteiger partial charge in [-0.05, 0) is 57.6 Å². The molecule has 0 saturated carbocycles. The van der Waals surface area contributed by atoms with Crippen LogP contribution in [0.25, 0.3) is 0 Å². The number of methoxy groups -OCH3 is 2. The van der Waals surface area contributed by atoms with E-state index < -0.39 is 11.2 Å². The van der Waals surface area contributed by atoms with Crippen LogP contribution in [0.2, 0.25) is 0 Å². The van der Waals surface area contributed by atoms with E-state index in [4.69, 9.17) is 9.47 Å². The molecule has 1 aliphatic carbocycles. The lowest BCUT2D eigenvalue weighted by atomic mass is 9.63. The van der Waals surface area contributed by atoms with Gasteiger partial charge in [0.1, 0.15) is 11.2 Å². The lowest BCUT2D eigenvalue weighted by Crippen LogP contribution is -2.46.